The monoisotopic (exact) mass is 302 g/mol. The van der Waals surface area contributed by atoms with Crippen LogP contribution in [0.5, 0.6) is 5.75 Å². The highest BCUT2D eigenvalue weighted by molar-refractivity contribution is 7.32. The topological polar surface area (TPSA) is 68.3 Å². The van der Waals surface area contributed by atoms with Gasteiger partial charge in [-0.1, -0.05) is 44.9 Å². The van der Waals surface area contributed by atoms with Crippen molar-refractivity contribution in [2.75, 3.05) is 13.2 Å². The predicted molar refractivity (Wildman–Crippen MR) is 78.3 cm³/mol. The molecule has 0 spiro atoms. The van der Waals surface area contributed by atoms with E-state index >= 15 is 0 Å². The van der Waals surface area contributed by atoms with Gasteiger partial charge in [-0.15, -0.1) is 0 Å². The highest BCUT2D eigenvalue weighted by Crippen LogP contribution is 2.25. The molecule has 114 valence electrons. The van der Waals surface area contributed by atoms with Gasteiger partial charge in [-0.3, -0.25) is 4.57 Å². The van der Waals surface area contributed by atoms with Gasteiger partial charge >= 0.3 is 8.25 Å². The van der Waals surface area contributed by atoms with Crippen LogP contribution in [0.15, 0.2) is 24.3 Å². The maximum atomic E-state index is 10.5. The molecule has 20 heavy (non-hydrogen) atoms. The van der Waals surface area contributed by atoms with Crippen LogP contribution in [0, 0.1) is 0 Å². The SMILES string of the molecule is CCCC.O=[PH](O)OCc1ccccc1OCC1CO1. The molecule has 0 aliphatic carbocycles. The molecule has 1 saturated heterocycles. The molecule has 0 aromatic heterocycles. The molecule has 1 aromatic rings. The third kappa shape index (κ3) is 7.65. The van der Waals surface area contributed by atoms with Gasteiger partial charge in [0.1, 0.15) is 18.5 Å². The molecule has 1 heterocycles. The number of rotatable bonds is 7. The minimum Gasteiger partial charge on any atom is -0.490 e. The Morgan fingerprint density at radius 3 is 2.55 bits per heavy atom. The minimum absolute atomic E-state index is 0.0794. The lowest BCUT2D eigenvalue weighted by atomic mass is 10.2. The fourth-order valence-electron chi connectivity index (χ4n) is 1.25. The lowest BCUT2D eigenvalue weighted by Gasteiger charge is -2.09. The van der Waals surface area contributed by atoms with Crippen molar-refractivity contribution in [3.63, 3.8) is 0 Å². The van der Waals surface area contributed by atoms with Gasteiger partial charge < -0.3 is 18.9 Å². The van der Waals surface area contributed by atoms with E-state index in [0.29, 0.717) is 12.4 Å². The Morgan fingerprint density at radius 1 is 1.35 bits per heavy atom. The van der Waals surface area contributed by atoms with Crippen LogP contribution in [0.4, 0.5) is 0 Å². The summed E-state index contributed by atoms with van der Waals surface area (Å²) in [5, 5.41) is 0. The van der Waals surface area contributed by atoms with E-state index in [9.17, 15) is 4.57 Å². The molecular weight excluding hydrogens is 279 g/mol. The summed E-state index contributed by atoms with van der Waals surface area (Å²) >= 11 is 0. The van der Waals surface area contributed by atoms with Gasteiger partial charge in [-0.2, -0.15) is 0 Å². The molecule has 0 radical (unpaired) electrons. The van der Waals surface area contributed by atoms with E-state index in [2.05, 4.69) is 18.4 Å². The van der Waals surface area contributed by atoms with Crippen molar-refractivity contribution in [2.45, 2.75) is 39.4 Å². The number of ether oxygens (including phenoxy) is 2. The summed E-state index contributed by atoms with van der Waals surface area (Å²) in [6.07, 6.45) is 2.82. The lowest BCUT2D eigenvalue weighted by Crippen LogP contribution is -2.05. The van der Waals surface area contributed by atoms with Crippen LogP contribution in [0.3, 0.4) is 0 Å². The van der Waals surface area contributed by atoms with Crippen molar-refractivity contribution in [2.24, 2.45) is 0 Å². The Labute approximate surface area is 120 Å². The van der Waals surface area contributed by atoms with Gasteiger partial charge in [0.2, 0.25) is 0 Å². The molecule has 0 amide bonds. The zero-order valence-corrected chi connectivity index (χ0v) is 13.0. The molecule has 1 fully saturated rings. The standard InChI is InChI=1S/C10H13O5P.C4H10/c11-16(12)15-5-8-3-1-2-4-10(8)14-7-9-6-13-9;1-3-4-2/h1-4,9,16H,5-7H2,(H,11,12);3-4H2,1-2H3. The van der Waals surface area contributed by atoms with Crippen LogP contribution in [-0.2, 0) is 20.4 Å². The highest BCUT2D eigenvalue weighted by Gasteiger charge is 2.23. The molecule has 1 aliphatic rings. The summed E-state index contributed by atoms with van der Waals surface area (Å²) in [5.74, 6) is 0.668. The number of unbranched alkanes of at least 4 members (excludes halogenated alkanes) is 1. The van der Waals surface area contributed by atoms with E-state index in [0.717, 1.165) is 12.2 Å². The molecule has 2 unspecified atom stereocenters. The first-order chi connectivity index (χ1) is 9.67. The Hall–Kier alpha value is -0.870. The number of benzene rings is 1. The van der Waals surface area contributed by atoms with Gasteiger partial charge in [0.25, 0.3) is 0 Å². The van der Waals surface area contributed by atoms with E-state index in [-0.39, 0.29) is 12.7 Å². The summed E-state index contributed by atoms with van der Waals surface area (Å²) in [4.78, 5) is 8.60. The largest absolute Gasteiger partial charge is 0.490 e. The van der Waals surface area contributed by atoms with Crippen LogP contribution in [0.1, 0.15) is 32.3 Å². The smallest absolute Gasteiger partial charge is 0.316 e. The summed E-state index contributed by atoms with van der Waals surface area (Å²) in [5.41, 5.74) is 0.760. The molecule has 1 N–H and O–H groups in total. The number of hydrogen-bond donors (Lipinski definition) is 1. The predicted octanol–water partition coefficient (Wildman–Crippen LogP) is 3.17. The van der Waals surface area contributed by atoms with Gasteiger partial charge in [0.05, 0.1) is 13.2 Å². The van der Waals surface area contributed by atoms with E-state index in [1.807, 2.05) is 12.1 Å². The summed E-state index contributed by atoms with van der Waals surface area (Å²) < 4.78 is 25.7. The van der Waals surface area contributed by atoms with Crippen molar-refractivity contribution in [1.29, 1.82) is 0 Å². The minimum atomic E-state index is -2.90. The van der Waals surface area contributed by atoms with Crippen LogP contribution in [0.2, 0.25) is 0 Å². The van der Waals surface area contributed by atoms with Crippen molar-refractivity contribution >= 4 is 8.25 Å². The van der Waals surface area contributed by atoms with Crippen LogP contribution in [-0.4, -0.2) is 24.2 Å². The molecule has 5 nitrogen and oxygen atoms in total. The van der Waals surface area contributed by atoms with Crippen molar-refractivity contribution in [3.05, 3.63) is 29.8 Å². The third-order valence-corrected chi connectivity index (χ3v) is 3.04. The first-order valence-electron chi connectivity index (χ1n) is 6.85. The Bertz CT molecular complexity index is 404. The summed E-state index contributed by atoms with van der Waals surface area (Å²) in [6.45, 7) is 5.68. The average molecular weight is 302 g/mol. The quantitative estimate of drug-likeness (QED) is 0.619. The second-order valence-electron chi connectivity index (χ2n) is 4.43. The average Bonchev–Trinajstić information content (AvgIpc) is 3.28. The van der Waals surface area contributed by atoms with Gasteiger partial charge in [-0.05, 0) is 6.07 Å². The zero-order chi connectivity index (χ0) is 14.8. The van der Waals surface area contributed by atoms with E-state index in [1.165, 1.54) is 12.8 Å². The van der Waals surface area contributed by atoms with Crippen LogP contribution in [0.25, 0.3) is 0 Å². The molecule has 1 aliphatic heterocycles. The second-order valence-corrected chi connectivity index (χ2v) is 5.25. The second kappa shape index (κ2) is 9.94. The fraction of sp³-hybridized carbons (Fsp3) is 0.571. The first kappa shape index (κ1) is 17.2. The van der Waals surface area contributed by atoms with Crippen molar-refractivity contribution in [3.8, 4) is 5.75 Å². The van der Waals surface area contributed by atoms with E-state index in [4.69, 9.17) is 14.4 Å². The summed E-state index contributed by atoms with van der Waals surface area (Å²) in [7, 11) is -2.90. The van der Waals surface area contributed by atoms with Gasteiger partial charge in [-0.25, -0.2) is 0 Å². The fourth-order valence-corrected chi connectivity index (χ4v) is 1.53. The maximum Gasteiger partial charge on any atom is 0.316 e. The molecular formula is C14H23O5P. The molecule has 1 aromatic carbocycles. The van der Waals surface area contributed by atoms with Crippen molar-refractivity contribution in [1.82, 2.24) is 0 Å². The molecule has 2 atom stereocenters. The third-order valence-electron chi connectivity index (χ3n) is 2.65. The van der Waals surface area contributed by atoms with Crippen LogP contribution >= 0.6 is 8.25 Å². The van der Waals surface area contributed by atoms with Crippen LogP contribution < -0.4 is 4.74 Å². The zero-order valence-electron chi connectivity index (χ0n) is 12.0. The Kier molecular flexibility index (Phi) is 8.54. The Balaban J connectivity index is 0.000000444. The number of epoxide rings is 1. The van der Waals surface area contributed by atoms with Crippen molar-refractivity contribution < 1.29 is 23.5 Å². The van der Waals surface area contributed by atoms with Gasteiger partial charge in [0.15, 0.2) is 0 Å². The normalized spacial score (nSPS) is 17.9. The molecule has 0 bridgehead atoms. The number of para-hydroxylation sites is 1. The highest BCUT2D eigenvalue weighted by atomic mass is 31.1. The van der Waals surface area contributed by atoms with E-state index < -0.39 is 8.25 Å². The number of hydrogen-bond acceptors (Lipinski definition) is 4. The lowest BCUT2D eigenvalue weighted by molar-refractivity contribution is 0.244. The molecule has 2 rings (SSSR count). The Morgan fingerprint density at radius 2 is 2.00 bits per heavy atom. The summed E-state index contributed by atoms with van der Waals surface area (Å²) in [6, 6.07) is 7.27. The maximum absolute atomic E-state index is 10.5. The molecule has 0 saturated carbocycles. The molecule has 6 heteroatoms. The first-order valence-corrected chi connectivity index (χ1v) is 8.11. The van der Waals surface area contributed by atoms with E-state index in [1.54, 1.807) is 12.1 Å². The van der Waals surface area contributed by atoms with Gasteiger partial charge in [0, 0.05) is 5.56 Å².